The number of ether oxygens (including phenoxy) is 2. The van der Waals surface area contributed by atoms with Crippen LogP contribution in [-0.4, -0.2) is 47.3 Å². The van der Waals surface area contributed by atoms with E-state index in [4.69, 9.17) is 9.47 Å². The molecule has 0 radical (unpaired) electrons. The SMILES string of the molecule is c1ccc(OCC[C@H]2CO[C@H]3CN(Cc4ccncc4)C[C@@H]23)nc1. The van der Waals surface area contributed by atoms with Crippen LogP contribution in [0.1, 0.15) is 12.0 Å². The normalized spacial score (nSPS) is 26.4. The topological polar surface area (TPSA) is 47.5 Å². The number of hydrogen-bond acceptors (Lipinski definition) is 5. The minimum atomic E-state index is 0.381. The second kappa shape index (κ2) is 7.28. The summed E-state index contributed by atoms with van der Waals surface area (Å²) in [5.74, 6) is 1.92. The van der Waals surface area contributed by atoms with Crippen molar-refractivity contribution in [3.05, 3.63) is 54.5 Å². The van der Waals surface area contributed by atoms with Crippen LogP contribution in [0.3, 0.4) is 0 Å². The van der Waals surface area contributed by atoms with Gasteiger partial charge in [-0.1, -0.05) is 6.07 Å². The van der Waals surface area contributed by atoms with Gasteiger partial charge < -0.3 is 9.47 Å². The monoisotopic (exact) mass is 325 g/mol. The second-order valence-corrected chi connectivity index (χ2v) is 6.65. The van der Waals surface area contributed by atoms with Gasteiger partial charge in [0, 0.05) is 50.2 Å². The van der Waals surface area contributed by atoms with Crippen LogP contribution in [0.15, 0.2) is 48.9 Å². The van der Waals surface area contributed by atoms with E-state index in [1.54, 1.807) is 6.20 Å². The maximum Gasteiger partial charge on any atom is 0.213 e. The molecule has 0 amide bonds. The fraction of sp³-hybridized carbons (Fsp3) is 0.474. The Bertz CT molecular complexity index is 638. The van der Waals surface area contributed by atoms with Gasteiger partial charge in [0.1, 0.15) is 0 Å². The van der Waals surface area contributed by atoms with Crippen LogP contribution in [0, 0.1) is 11.8 Å². The lowest BCUT2D eigenvalue weighted by molar-refractivity contribution is 0.0923. The first kappa shape index (κ1) is 15.5. The molecule has 2 aliphatic heterocycles. The third kappa shape index (κ3) is 3.57. The highest BCUT2D eigenvalue weighted by Gasteiger charge is 2.43. The van der Waals surface area contributed by atoms with Crippen molar-refractivity contribution in [3.63, 3.8) is 0 Å². The number of likely N-dealkylation sites (tertiary alicyclic amines) is 1. The van der Waals surface area contributed by atoms with E-state index in [1.807, 2.05) is 30.6 Å². The fourth-order valence-electron chi connectivity index (χ4n) is 3.80. The molecule has 4 rings (SSSR count). The van der Waals surface area contributed by atoms with Crippen molar-refractivity contribution in [3.8, 4) is 5.88 Å². The molecule has 126 valence electrons. The number of rotatable bonds is 6. The summed E-state index contributed by atoms with van der Waals surface area (Å²) < 4.78 is 11.8. The van der Waals surface area contributed by atoms with Gasteiger partial charge >= 0.3 is 0 Å². The van der Waals surface area contributed by atoms with Gasteiger partial charge in [0.2, 0.25) is 5.88 Å². The molecule has 4 heterocycles. The Balaban J connectivity index is 1.27. The predicted octanol–water partition coefficient (Wildman–Crippen LogP) is 2.39. The van der Waals surface area contributed by atoms with Gasteiger partial charge in [0.25, 0.3) is 0 Å². The van der Waals surface area contributed by atoms with E-state index in [0.29, 0.717) is 30.4 Å². The summed E-state index contributed by atoms with van der Waals surface area (Å²) in [6.07, 6.45) is 6.89. The number of pyridine rings is 2. The molecule has 5 nitrogen and oxygen atoms in total. The third-order valence-corrected chi connectivity index (χ3v) is 5.05. The van der Waals surface area contributed by atoms with Gasteiger partial charge in [-0.05, 0) is 36.1 Å². The zero-order valence-corrected chi connectivity index (χ0v) is 13.8. The Labute approximate surface area is 142 Å². The maximum absolute atomic E-state index is 6.04. The first-order chi connectivity index (χ1) is 11.9. The van der Waals surface area contributed by atoms with E-state index >= 15 is 0 Å². The zero-order chi connectivity index (χ0) is 16.2. The molecule has 0 aromatic carbocycles. The van der Waals surface area contributed by atoms with Crippen molar-refractivity contribution >= 4 is 0 Å². The minimum absolute atomic E-state index is 0.381. The largest absolute Gasteiger partial charge is 0.478 e. The van der Waals surface area contributed by atoms with Crippen LogP contribution >= 0.6 is 0 Å². The highest BCUT2D eigenvalue weighted by molar-refractivity contribution is 5.11. The summed E-state index contributed by atoms with van der Waals surface area (Å²) in [5, 5.41) is 0. The molecular weight excluding hydrogens is 302 g/mol. The van der Waals surface area contributed by atoms with Crippen LogP contribution in [0.25, 0.3) is 0 Å². The lowest BCUT2D eigenvalue weighted by Gasteiger charge is -2.19. The summed E-state index contributed by atoms with van der Waals surface area (Å²) in [4.78, 5) is 10.8. The highest BCUT2D eigenvalue weighted by Crippen LogP contribution is 2.36. The maximum atomic E-state index is 6.04. The molecule has 0 aliphatic carbocycles. The smallest absolute Gasteiger partial charge is 0.213 e. The number of fused-ring (bicyclic) bond motifs is 1. The van der Waals surface area contributed by atoms with Crippen molar-refractivity contribution in [1.82, 2.24) is 14.9 Å². The van der Waals surface area contributed by atoms with Gasteiger partial charge in [-0.15, -0.1) is 0 Å². The van der Waals surface area contributed by atoms with E-state index in [-0.39, 0.29) is 0 Å². The fourth-order valence-corrected chi connectivity index (χ4v) is 3.80. The Morgan fingerprint density at radius 2 is 2.04 bits per heavy atom. The Hall–Kier alpha value is -1.98. The Morgan fingerprint density at radius 1 is 1.12 bits per heavy atom. The van der Waals surface area contributed by atoms with Gasteiger partial charge in [-0.25, -0.2) is 4.98 Å². The lowest BCUT2D eigenvalue weighted by atomic mass is 9.91. The molecule has 0 unspecified atom stereocenters. The third-order valence-electron chi connectivity index (χ3n) is 5.05. The van der Waals surface area contributed by atoms with Crippen LogP contribution < -0.4 is 4.74 Å². The first-order valence-corrected chi connectivity index (χ1v) is 8.65. The molecule has 0 bridgehead atoms. The molecule has 0 spiro atoms. The van der Waals surface area contributed by atoms with E-state index in [0.717, 1.165) is 32.7 Å². The van der Waals surface area contributed by atoms with Crippen molar-refractivity contribution < 1.29 is 9.47 Å². The number of nitrogens with zero attached hydrogens (tertiary/aromatic N) is 3. The molecule has 5 heteroatoms. The highest BCUT2D eigenvalue weighted by atomic mass is 16.5. The lowest BCUT2D eigenvalue weighted by Crippen LogP contribution is -2.24. The van der Waals surface area contributed by atoms with Gasteiger partial charge in [-0.2, -0.15) is 0 Å². The molecule has 2 aliphatic rings. The van der Waals surface area contributed by atoms with Crippen LogP contribution in [0.4, 0.5) is 0 Å². The molecule has 24 heavy (non-hydrogen) atoms. The van der Waals surface area contributed by atoms with Crippen molar-refractivity contribution in [2.24, 2.45) is 11.8 Å². The molecule has 2 saturated heterocycles. The van der Waals surface area contributed by atoms with E-state index < -0.39 is 0 Å². The summed E-state index contributed by atoms with van der Waals surface area (Å²) >= 11 is 0. The summed E-state index contributed by atoms with van der Waals surface area (Å²) in [5.41, 5.74) is 1.32. The average molecular weight is 325 g/mol. The second-order valence-electron chi connectivity index (χ2n) is 6.65. The Kier molecular flexibility index (Phi) is 4.71. The van der Waals surface area contributed by atoms with Gasteiger partial charge in [-0.3, -0.25) is 9.88 Å². The molecule has 0 saturated carbocycles. The van der Waals surface area contributed by atoms with Crippen LogP contribution in [0.5, 0.6) is 5.88 Å². The summed E-state index contributed by atoms with van der Waals surface area (Å²) in [6.45, 7) is 4.70. The Morgan fingerprint density at radius 3 is 2.88 bits per heavy atom. The quantitative estimate of drug-likeness (QED) is 0.816. The van der Waals surface area contributed by atoms with Crippen LogP contribution in [0.2, 0.25) is 0 Å². The summed E-state index contributed by atoms with van der Waals surface area (Å²) in [7, 11) is 0. The van der Waals surface area contributed by atoms with Gasteiger partial charge in [0.05, 0.1) is 19.3 Å². The predicted molar refractivity (Wildman–Crippen MR) is 90.6 cm³/mol. The first-order valence-electron chi connectivity index (χ1n) is 8.65. The van der Waals surface area contributed by atoms with E-state index in [2.05, 4.69) is 27.0 Å². The molecule has 2 aromatic heterocycles. The van der Waals surface area contributed by atoms with Crippen LogP contribution in [-0.2, 0) is 11.3 Å². The average Bonchev–Trinajstić information content (AvgIpc) is 3.18. The molecule has 2 aromatic rings. The number of hydrogen-bond donors (Lipinski definition) is 0. The standard InChI is InChI=1S/C19H23N3O2/c1-2-7-21-19(3-1)23-10-6-16-14-24-18-13-22(12-17(16)18)11-15-4-8-20-9-5-15/h1-5,7-9,16-18H,6,10-14H2/t16-,17-,18-/m0/s1. The molecule has 2 fully saturated rings. The van der Waals surface area contributed by atoms with Crippen molar-refractivity contribution in [2.45, 2.75) is 19.1 Å². The van der Waals surface area contributed by atoms with E-state index in [1.165, 1.54) is 5.56 Å². The van der Waals surface area contributed by atoms with Gasteiger partial charge in [0.15, 0.2) is 0 Å². The minimum Gasteiger partial charge on any atom is -0.478 e. The summed E-state index contributed by atoms with van der Waals surface area (Å²) in [6, 6.07) is 9.93. The molecular formula is C19H23N3O2. The number of aromatic nitrogens is 2. The van der Waals surface area contributed by atoms with Crippen molar-refractivity contribution in [2.75, 3.05) is 26.3 Å². The van der Waals surface area contributed by atoms with E-state index in [9.17, 15) is 0 Å². The zero-order valence-electron chi connectivity index (χ0n) is 13.8. The molecule has 0 N–H and O–H groups in total. The molecule has 3 atom stereocenters. The van der Waals surface area contributed by atoms with Crippen molar-refractivity contribution in [1.29, 1.82) is 0 Å².